The molecule has 0 aliphatic carbocycles. The molecule has 8 heteroatoms. The van der Waals surface area contributed by atoms with Gasteiger partial charge in [-0.1, -0.05) is 32.1 Å². The summed E-state index contributed by atoms with van der Waals surface area (Å²) in [6.45, 7) is 5.98. The van der Waals surface area contributed by atoms with Crippen LogP contribution in [-0.2, 0) is 5.41 Å². The van der Waals surface area contributed by atoms with Crippen LogP contribution in [0.4, 0.5) is 14.5 Å². The first kappa shape index (κ1) is 13.9. The van der Waals surface area contributed by atoms with Gasteiger partial charge in [-0.25, -0.2) is 8.78 Å². The first-order chi connectivity index (χ1) is 9.77. The molecule has 110 valence electrons. The number of benzene rings is 1. The maximum atomic E-state index is 13.4. The number of hydrogen-bond acceptors (Lipinski definition) is 5. The van der Waals surface area contributed by atoms with Crippen molar-refractivity contribution in [3.8, 4) is 10.6 Å². The summed E-state index contributed by atoms with van der Waals surface area (Å²) in [6, 6.07) is 2.00. The molecule has 0 aliphatic heterocycles. The molecule has 0 bridgehead atoms. The number of nitrogens with two attached hydrogens (primary N) is 1. The molecular formula is C13H13F2N5S. The second kappa shape index (κ2) is 4.45. The third-order valence-electron chi connectivity index (χ3n) is 2.98. The van der Waals surface area contributed by atoms with E-state index in [1.807, 2.05) is 20.8 Å². The number of nitrogens with zero attached hydrogens (tertiary/aromatic N) is 4. The van der Waals surface area contributed by atoms with Gasteiger partial charge in [0.25, 0.3) is 0 Å². The Hall–Kier alpha value is -2.09. The lowest BCUT2D eigenvalue weighted by Crippen LogP contribution is -2.16. The van der Waals surface area contributed by atoms with E-state index in [2.05, 4.69) is 15.3 Å². The van der Waals surface area contributed by atoms with Crippen LogP contribution in [0.1, 0.15) is 26.6 Å². The molecule has 0 spiro atoms. The van der Waals surface area contributed by atoms with Crippen LogP contribution in [0, 0.1) is 11.6 Å². The Kier molecular flexibility index (Phi) is 2.94. The van der Waals surface area contributed by atoms with E-state index in [1.54, 1.807) is 4.52 Å². The SMILES string of the molecule is CC(C)(C)c1nnc2sc(-c3cc(F)c(F)cc3N)nn12. The first-order valence-electron chi connectivity index (χ1n) is 6.25. The Labute approximate surface area is 123 Å². The van der Waals surface area contributed by atoms with Crippen molar-refractivity contribution < 1.29 is 8.78 Å². The number of hydrogen-bond donors (Lipinski definition) is 1. The van der Waals surface area contributed by atoms with Crippen LogP contribution in [0.3, 0.4) is 0 Å². The summed E-state index contributed by atoms with van der Waals surface area (Å²) in [7, 11) is 0. The largest absolute Gasteiger partial charge is 0.398 e. The van der Waals surface area contributed by atoms with Crippen LogP contribution in [0.15, 0.2) is 12.1 Å². The van der Waals surface area contributed by atoms with Gasteiger partial charge in [-0.15, -0.1) is 10.2 Å². The smallest absolute Gasteiger partial charge is 0.235 e. The van der Waals surface area contributed by atoms with Gasteiger partial charge >= 0.3 is 0 Å². The second-order valence-electron chi connectivity index (χ2n) is 5.73. The Balaban J connectivity index is 2.19. The molecule has 2 aromatic heterocycles. The maximum Gasteiger partial charge on any atom is 0.235 e. The molecule has 5 nitrogen and oxygen atoms in total. The van der Waals surface area contributed by atoms with Crippen molar-refractivity contribution in [2.24, 2.45) is 0 Å². The molecule has 3 aromatic rings. The van der Waals surface area contributed by atoms with Gasteiger partial charge in [-0.3, -0.25) is 0 Å². The van der Waals surface area contributed by atoms with Crippen molar-refractivity contribution in [3.05, 3.63) is 29.6 Å². The van der Waals surface area contributed by atoms with Gasteiger partial charge in [0.15, 0.2) is 17.5 Å². The third-order valence-corrected chi connectivity index (χ3v) is 3.92. The monoisotopic (exact) mass is 309 g/mol. The summed E-state index contributed by atoms with van der Waals surface area (Å²) in [5, 5.41) is 13.0. The maximum absolute atomic E-state index is 13.4. The van der Waals surface area contributed by atoms with Gasteiger partial charge in [0.05, 0.1) is 0 Å². The van der Waals surface area contributed by atoms with Crippen molar-refractivity contribution in [2.45, 2.75) is 26.2 Å². The highest BCUT2D eigenvalue weighted by Crippen LogP contribution is 2.32. The van der Waals surface area contributed by atoms with Crippen molar-refractivity contribution in [2.75, 3.05) is 5.73 Å². The van der Waals surface area contributed by atoms with E-state index in [4.69, 9.17) is 5.73 Å². The molecule has 2 heterocycles. The Morgan fingerprint density at radius 3 is 2.48 bits per heavy atom. The molecule has 2 N–H and O–H groups in total. The molecule has 1 aromatic carbocycles. The van der Waals surface area contributed by atoms with E-state index in [0.717, 1.165) is 12.1 Å². The lowest BCUT2D eigenvalue weighted by Gasteiger charge is -2.13. The van der Waals surface area contributed by atoms with Crippen LogP contribution in [0.25, 0.3) is 15.5 Å². The summed E-state index contributed by atoms with van der Waals surface area (Å²) >= 11 is 1.23. The third kappa shape index (κ3) is 2.25. The number of halogens is 2. The normalized spacial score (nSPS) is 12.2. The fourth-order valence-corrected chi connectivity index (χ4v) is 2.82. The minimum absolute atomic E-state index is 0.135. The van der Waals surface area contributed by atoms with Crippen LogP contribution < -0.4 is 5.73 Å². The van der Waals surface area contributed by atoms with Gasteiger partial charge in [0, 0.05) is 22.7 Å². The van der Waals surface area contributed by atoms with E-state index in [-0.39, 0.29) is 11.1 Å². The van der Waals surface area contributed by atoms with Crippen molar-refractivity contribution in [3.63, 3.8) is 0 Å². The van der Waals surface area contributed by atoms with E-state index in [1.165, 1.54) is 11.3 Å². The lowest BCUT2D eigenvalue weighted by molar-refractivity contribution is 0.509. The zero-order chi connectivity index (χ0) is 15.4. The molecular weight excluding hydrogens is 296 g/mol. The van der Waals surface area contributed by atoms with Crippen molar-refractivity contribution in [1.82, 2.24) is 19.8 Å². The zero-order valence-electron chi connectivity index (χ0n) is 11.7. The molecule has 0 unspecified atom stereocenters. The average molecular weight is 309 g/mol. The van der Waals surface area contributed by atoms with Crippen molar-refractivity contribution in [1.29, 1.82) is 0 Å². The molecule has 0 fully saturated rings. The molecule has 0 saturated heterocycles. The quantitative estimate of drug-likeness (QED) is 0.702. The fourth-order valence-electron chi connectivity index (χ4n) is 1.94. The predicted octanol–water partition coefficient (Wildman–Crippen LogP) is 3.01. The Morgan fingerprint density at radius 1 is 1.14 bits per heavy atom. The van der Waals surface area contributed by atoms with Crippen LogP contribution in [-0.4, -0.2) is 19.8 Å². The summed E-state index contributed by atoms with van der Waals surface area (Å²) in [4.78, 5) is 0.582. The Bertz CT molecular complexity index is 831. The van der Waals surface area contributed by atoms with Crippen molar-refractivity contribution >= 4 is 22.0 Å². The van der Waals surface area contributed by atoms with E-state index < -0.39 is 11.6 Å². The van der Waals surface area contributed by atoms with E-state index in [0.29, 0.717) is 21.4 Å². The highest BCUT2D eigenvalue weighted by molar-refractivity contribution is 7.19. The number of aromatic nitrogens is 4. The van der Waals surface area contributed by atoms with Gasteiger partial charge in [0.2, 0.25) is 4.96 Å². The first-order valence-corrected chi connectivity index (χ1v) is 7.06. The highest BCUT2D eigenvalue weighted by Gasteiger charge is 2.24. The summed E-state index contributed by atoms with van der Waals surface area (Å²) in [5.41, 5.74) is 6.01. The predicted molar refractivity (Wildman–Crippen MR) is 77.1 cm³/mol. The number of fused-ring (bicyclic) bond motifs is 1. The molecule has 0 atom stereocenters. The second-order valence-corrected chi connectivity index (χ2v) is 6.68. The molecule has 21 heavy (non-hydrogen) atoms. The van der Waals surface area contributed by atoms with Gasteiger partial charge < -0.3 is 5.73 Å². The molecule has 3 rings (SSSR count). The molecule has 0 aliphatic rings. The van der Waals surface area contributed by atoms with Gasteiger partial charge in [-0.05, 0) is 6.07 Å². The summed E-state index contributed by atoms with van der Waals surface area (Å²) in [5.74, 6) is -1.24. The van der Waals surface area contributed by atoms with Crippen LogP contribution in [0.5, 0.6) is 0 Å². The standard InChI is InChI=1S/C13H13F2N5S/c1-13(2,3)11-17-18-12-20(11)19-10(21-12)6-4-7(14)8(15)5-9(6)16/h4-5H,16H2,1-3H3. The van der Waals surface area contributed by atoms with Crippen LogP contribution >= 0.6 is 11.3 Å². The highest BCUT2D eigenvalue weighted by atomic mass is 32.1. The molecule has 0 amide bonds. The number of nitrogen functional groups attached to an aromatic ring is 1. The average Bonchev–Trinajstić information content (AvgIpc) is 2.91. The zero-order valence-corrected chi connectivity index (χ0v) is 12.5. The Morgan fingerprint density at radius 2 is 1.81 bits per heavy atom. The molecule has 0 radical (unpaired) electrons. The fraction of sp³-hybridized carbons (Fsp3) is 0.308. The number of anilines is 1. The van der Waals surface area contributed by atoms with Crippen LogP contribution in [0.2, 0.25) is 0 Å². The summed E-state index contributed by atoms with van der Waals surface area (Å²) < 4.78 is 28.2. The topological polar surface area (TPSA) is 69.1 Å². The minimum atomic E-state index is -0.977. The minimum Gasteiger partial charge on any atom is -0.398 e. The van der Waals surface area contributed by atoms with Gasteiger partial charge in [0.1, 0.15) is 5.01 Å². The lowest BCUT2D eigenvalue weighted by atomic mass is 9.96. The van der Waals surface area contributed by atoms with E-state index in [9.17, 15) is 8.78 Å². The number of rotatable bonds is 1. The molecule has 0 saturated carbocycles. The van der Waals surface area contributed by atoms with Gasteiger partial charge in [-0.2, -0.15) is 9.61 Å². The summed E-state index contributed by atoms with van der Waals surface area (Å²) in [6.07, 6.45) is 0. The van der Waals surface area contributed by atoms with E-state index >= 15 is 0 Å².